The van der Waals surface area contributed by atoms with E-state index in [2.05, 4.69) is 13.8 Å². The van der Waals surface area contributed by atoms with Crippen LogP contribution in [0, 0.1) is 46.8 Å². The van der Waals surface area contributed by atoms with Crippen LogP contribution in [-0.2, 0) is 0 Å². The Morgan fingerprint density at radius 2 is 1.53 bits per heavy atom. The molecule has 4 aliphatic rings. The molecule has 0 aromatic heterocycles. The monoisotopic (exact) mass is 498 g/mol. The van der Waals surface area contributed by atoms with Crippen molar-refractivity contribution in [2.75, 3.05) is 0 Å². The topological polar surface area (TPSA) is 40.5 Å². The Morgan fingerprint density at radius 1 is 0.853 bits per heavy atom. The molecule has 10 atom stereocenters. The van der Waals surface area contributed by atoms with Gasteiger partial charge >= 0.3 is 12.4 Å². The Morgan fingerprint density at radius 3 is 2.18 bits per heavy atom. The molecule has 0 aromatic carbocycles. The maximum absolute atomic E-state index is 13.4. The average molecular weight is 499 g/mol. The molecule has 0 amide bonds. The van der Waals surface area contributed by atoms with Gasteiger partial charge in [-0.1, -0.05) is 26.7 Å². The summed E-state index contributed by atoms with van der Waals surface area (Å²) >= 11 is 0. The highest BCUT2D eigenvalue weighted by atomic mass is 19.4. The summed E-state index contributed by atoms with van der Waals surface area (Å²) in [6.45, 7) is 4.49. The van der Waals surface area contributed by atoms with Gasteiger partial charge in [0.15, 0.2) is 5.60 Å². The van der Waals surface area contributed by atoms with Crippen molar-refractivity contribution in [1.82, 2.24) is 0 Å². The third kappa shape index (κ3) is 4.64. The molecule has 4 fully saturated rings. The third-order valence-electron chi connectivity index (χ3n) is 10.8. The first kappa shape index (κ1) is 26.6. The van der Waals surface area contributed by atoms with E-state index in [1.807, 2.05) is 0 Å². The molecule has 4 rings (SSSR count). The van der Waals surface area contributed by atoms with E-state index in [0.717, 1.165) is 38.5 Å². The summed E-state index contributed by atoms with van der Waals surface area (Å²) in [7, 11) is 0. The minimum absolute atomic E-state index is 0.0536. The lowest BCUT2D eigenvalue weighted by Gasteiger charge is -2.57. The number of hydrogen-bond donors (Lipinski definition) is 2. The van der Waals surface area contributed by atoms with Gasteiger partial charge in [0.05, 0.1) is 0 Å². The van der Waals surface area contributed by atoms with E-state index in [4.69, 9.17) is 0 Å². The van der Waals surface area contributed by atoms with Crippen molar-refractivity contribution >= 4 is 0 Å². The molecule has 34 heavy (non-hydrogen) atoms. The van der Waals surface area contributed by atoms with Crippen molar-refractivity contribution in [1.29, 1.82) is 0 Å². The normalized spacial score (nSPS) is 44.6. The van der Waals surface area contributed by atoms with Crippen LogP contribution in [-0.4, -0.2) is 34.3 Å². The largest absolute Gasteiger partial charge is 0.417 e. The quantitative estimate of drug-likeness (QED) is 0.391. The fourth-order valence-corrected chi connectivity index (χ4v) is 9.11. The van der Waals surface area contributed by atoms with Crippen molar-refractivity contribution < 1.29 is 36.6 Å². The second-order valence-electron chi connectivity index (χ2n) is 12.4. The van der Waals surface area contributed by atoms with Gasteiger partial charge in [-0.15, -0.1) is 0 Å². The summed E-state index contributed by atoms with van der Waals surface area (Å²) in [6.07, 6.45) is -4.58. The number of aliphatic hydroxyl groups excluding tert-OH is 1. The van der Waals surface area contributed by atoms with E-state index in [1.54, 1.807) is 0 Å². The molecule has 0 radical (unpaired) electrons. The summed E-state index contributed by atoms with van der Waals surface area (Å²) in [6, 6.07) is 0. The Hall–Kier alpha value is -0.500. The van der Waals surface area contributed by atoms with Gasteiger partial charge < -0.3 is 10.2 Å². The Bertz CT molecular complexity index is 723. The van der Waals surface area contributed by atoms with E-state index in [-0.39, 0.29) is 36.5 Å². The van der Waals surface area contributed by atoms with E-state index in [1.165, 1.54) is 0 Å². The van der Waals surface area contributed by atoms with Crippen molar-refractivity contribution in [3.63, 3.8) is 0 Å². The standard InChI is InChI=1S/C26H40F6O2/c1-15(4-3-5-22(33)25(27,28)29)20-8-9-21-19-7-6-16-14-24(34,26(30,31)32)13-11-17(16)18(19)10-12-23(20,21)2/h15-22,33-34H,3-14H2,1-2H3/t15-,16+,17+,18-,19-,20-,21+,22-,23-,24+/m1/s1. The molecular formula is C26H40F6O2. The molecule has 8 heteroatoms. The molecular weight excluding hydrogens is 458 g/mol. The first-order chi connectivity index (χ1) is 15.7. The maximum Gasteiger partial charge on any atom is 0.417 e. The fourth-order valence-electron chi connectivity index (χ4n) is 9.11. The molecule has 4 aliphatic carbocycles. The highest BCUT2D eigenvalue weighted by Crippen LogP contribution is 2.66. The predicted octanol–water partition coefficient (Wildman–Crippen LogP) is 7.28. The van der Waals surface area contributed by atoms with Crippen molar-refractivity contribution in [3.8, 4) is 0 Å². The van der Waals surface area contributed by atoms with Gasteiger partial charge in [-0.3, -0.25) is 0 Å². The second-order valence-corrected chi connectivity index (χ2v) is 12.4. The lowest BCUT2D eigenvalue weighted by Crippen LogP contribution is -2.55. The summed E-state index contributed by atoms with van der Waals surface area (Å²) in [4.78, 5) is 0. The van der Waals surface area contributed by atoms with Gasteiger partial charge in [0, 0.05) is 0 Å². The zero-order valence-corrected chi connectivity index (χ0v) is 20.3. The fraction of sp³-hybridized carbons (Fsp3) is 1.00. The van der Waals surface area contributed by atoms with Crippen LogP contribution in [0.4, 0.5) is 26.3 Å². The van der Waals surface area contributed by atoms with Gasteiger partial charge in [-0.05, 0) is 111 Å². The van der Waals surface area contributed by atoms with Crippen LogP contribution in [0.1, 0.15) is 90.9 Å². The summed E-state index contributed by atoms with van der Waals surface area (Å²) in [5.74, 6) is 2.44. The van der Waals surface area contributed by atoms with Crippen LogP contribution in [0.2, 0.25) is 0 Å². The van der Waals surface area contributed by atoms with Crippen LogP contribution in [0.3, 0.4) is 0 Å². The molecule has 0 aromatic rings. The number of hydrogen-bond acceptors (Lipinski definition) is 2. The summed E-state index contributed by atoms with van der Waals surface area (Å²) in [5, 5.41) is 19.6. The first-order valence-corrected chi connectivity index (χ1v) is 13.2. The second kappa shape index (κ2) is 9.11. The van der Waals surface area contributed by atoms with E-state index < -0.39 is 24.1 Å². The zero-order chi connectivity index (χ0) is 25.1. The Kier molecular flexibility index (Phi) is 7.12. The van der Waals surface area contributed by atoms with Crippen LogP contribution in [0.25, 0.3) is 0 Å². The third-order valence-corrected chi connectivity index (χ3v) is 10.8. The number of alkyl halides is 6. The molecule has 198 valence electrons. The number of rotatable bonds is 5. The molecule has 2 nitrogen and oxygen atoms in total. The molecule has 0 heterocycles. The number of halogens is 6. The minimum Gasteiger partial charge on any atom is -0.384 e. The first-order valence-electron chi connectivity index (χ1n) is 13.2. The number of aliphatic hydroxyl groups is 2. The summed E-state index contributed by atoms with van der Waals surface area (Å²) in [5.41, 5.74) is -2.39. The molecule has 0 bridgehead atoms. The molecule has 0 spiro atoms. The zero-order valence-electron chi connectivity index (χ0n) is 20.3. The van der Waals surface area contributed by atoms with Crippen LogP contribution in [0.5, 0.6) is 0 Å². The molecule has 0 unspecified atom stereocenters. The smallest absolute Gasteiger partial charge is 0.384 e. The van der Waals surface area contributed by atoms with Gasteiger partial charge in [-0.2, -0.15) is 26.3 Å². The van der Waals surface area contributed by atoms with Crippen molar-refractivity contribution in [3.05, 3.63) is 0 Å². The van der Waals surface area contributed by atoms with E-state index in [9.17, 15) is 36.6 Å². The van der Waals surface area contributed by atoms with Gasteiger partial charge in [-0.25, -0.2) is 0 Å². The molecule has 0 aliphatic heterocycles. The average Bonchev–Trinajstić information content (AvgIpc) is 3.09. The van der Waals surface area contributed by atoms with E-state index >= 15 is 0 Å². The molecule has 0 saturated heterocycles. The lowest BCUT2D eigenvalue weighted by molar-refractivity contribution is -0.282. The van der Waals surface area contributed by atoms with Crippen molar-refractivity contribution in [2.45, 2.75) is 115 Å². The van der Waals surface area contributed by atoms with Crippen LogP contribution >= 0.6 is 0 Å². The SMILES string of the molecule is C[C@H](CCC[C@@H](O)C(F)(F)F)[C@H]1CC[C@H]2[C@@H]3CC[C@H]4C[C@](O)(C(F)(F)F)CC[C@@H]4[C@H]3CC[C@]12C. The molecule has 4 saturated carbocycles. The molecule has 2 N–H and O–H groups in total. The van der Waals surface area contributed by atoms with Crippen LogP contribution in [0.15, 0.2) is 0 Å². The van der Waals surface area contributed by atoms with E-state index in [0.29, 0.717) is 48.9 Å². The highest BCUT2D eigenvalue weighted by molar-refractivity contribution is 5.08. The van der Waals surface area contributed by atoms with Gasteiger partial charge in [0.1, 0.15) is 6.10 Å². The predicted molar refractivity (Wildman–Crippen MR) is 117 cm³/mol. The summed E-state index contributed by atoms with van der Waals surface area (Å²) < 4.78 is 78.1. The number of fused-ring (bicyclic) bond motifs is 5. The van der Waals surface area contributed by atoms with Gasteiger partial charge in [0.2, 0.25) is 0 Å². The van der Waals surface area contributed by atoms with Crippen LogP contribution < -0.4 is 0 Å². The Balaban J connectivity index is 1.38. The highest BCUT2D eigenvalue weighted by Gasteiger charge is 2.62. The van der Waals surface area contributed by atoms with Crippen molar-refractivity contribution in [2.24, 2.45) is 46.8 Å². The maximum atomic E-state index is 13.4. The minimum atomic E-state index is -4.56. The van der Waals surface area contributed by atoms with Gasteiger partial charge in [0.25, 0.3) is 0 Å². The Labute approximate surface area is 198 Å². The lowest BCUT2D eigenvalue weighted by atomic mass is 9.48.